The van der Waals surface area contributed by atoms with Crippen molar-refractivity contribution in [3.63, 3.8) is 0 Å². The van der Waals surface area contributed by atoms with E-state index in [1.807, 2.05) is 13.8 Å². The van der Waals surface area contributed by atoms with E-state index >= 15 is 0 Å². The molecule has 2 rings (SSSR count). The van der Waals surface area contributed by atoms with Gasteiger partial charge in [-0.3, -0.25) is 14.4 Å². The summed E-state index contributed by atoms with van der Waals surface area (Å²) in [5.41, 5.74) is 1.21. The van der Waals surface area contributed by atoms with Gasteiger partial charge in [-0.05, 0) is 25.0 Å². The molecule has 0 bridgehead atoms. The molecule has 0 amide bonds. The third kappa shape index (κ3) is 1.58. The van der Waals surface area contributed by atoms with Gasteiger partial charge in [-0.25, -0.2) is 0 Å². The number of ether oxygens (including phenoxy) is 1. The zero-order valence-corrected chi connectivity index (χ0v) is 10.4. The van der Waals surface area contributed by atoms with Crippen LogP contribution in [0.3, 0.4) is 0 Å². The molecule has 0 radical (unpaired) electrons. The van der Waals surface area contributed by atoms with Gasteiger partial charge in [-0.1, -0.05) is 6.92 Å². The molecule has 96 valence electrons. The average Bonchev–Trinajstić information content (AvgIpc) is 2.29. The number of carboxylic acid groups (broad SMARTS) is 1. The fraction of sp³-hybridized carbons (Fsp3) is 0.462. The molecular formula is C13H14O5. The Balaban J connectivity index is 2.61. The van der Waals surface area contributed by atoms with Gasteiger partial charge in [0.15, 0.2) is 17.5 Å². The van der Waals surface area contributed by atoms with Gasteiger partial charge in [0.2, 0.25) is 0 Å². The van der Waals surface area contributed by atoms with Crippen LogP contribution in [-0.4, -0.2) is 28.7 Å². The quantitative estimate of drug-likeness (QED) is 0.705. The fourth-order valence-corrected chi connectivity index (χ4v) is 2.42. The monoisotopic (exact) mass is 250 g/mol. The third-order valence-electron chi connectivity index (χ3n) is 3.66. The Bertz CT molecular complexity index is 492. The van der Waals surface area contributed by atoms with Gasteiger partial charge in [-0.15, -0.1) is 0 Å². The smallest absolute Gasteiger partial charge is 0.322 e. The first-order valence-corrected chi connectivity index (χ1v) is 5.74. The maximum atomic E-state index is 12.0. The number of allylic oxidation sites excluding steroid dienone is 2. The molecule has 1 aliphatic carbocycles. The van der Waals surface area contributed by atoms with Crippen molar-refractivity contribution in [3.05, 3.63) is 23.0 Å². The molecule has 0 aromatic carbocycles. The summed E-state index contributed by atoms with van der Waals surface area (Å²) in [6.45, 7) is 5.27. The van der Waals surface area contributed by atoms with E-state index in [0.29, 0.717) is 11.1 Å². The number of rotatable bonds is 1. The van der Waals surface area contributed by atoms with Crippen LogP contribution >= 0.6 is 0 Å². The van der Waals surface area contributed by atoms with Gasteiger partial charge in [0.05, 0.1) is 11.8 Å². The lowest BCUT2D eigenvalue weighted by atomic mass is 9.73. The summed E-state index contributed by atoms with van der Waals surface area (Å²) < 4.78 is 5.32. The molecule has 0 saturated carbocycles. The van der Waals surface area contributed by atoms with Crippen LogP contribution in [0.25, 0.3) is 0 Å². The molecule has 18 heavy (non-hydrogen) atoms. The second-order valence-electron chi connectivity index (χ2n) is 4.70. The number of hydrogen-bond acceptors (Lipinski definition) is 4. The van der Waals surface area contributed by atoms with Crippen LogP contribution in [0.5, 0.6) is 0 Å². The number of fused-ring (bicyclic) bond motifs is 1. The van der Waals surface area contributed by atoms with Crippen molar-refractivity contribution >= 4 is 17.5 Å². The molecule has 0 unspecified atom stereocenters. The lowest BCUT2D eigenvalue weighted by Crippen LogP contribution is -2.41. The molecule has 5 nitrogen and oxygen atoms in total. The van der Waals surface area contributed by atoms with E-state index < -0.39 is 23.5 Å². The summed E-state index contributed by atoms with van der Waals surface area (Å²) in [7, 11) is 0. The molecule has 5 heteroatoms. The highest BCUT2D eigenvalue weighted by molar-refractivity contribution is 6.30. The van der Waals surface area contributed by atoms with Gasteiger partial charge in [0.25, 0.3) is 0 Å². The summed E-state index contributed by atoms with van der Waals surface area (Å²) in [4.78, 5) is 35.0. The first kappa shape index (κ1) is 12.5. The minimum absolute atomic E-state index is 0.104. The Morgan fingerprint density at radius 3 is 2.44 bits per heavy atom. The summed E-state index contributed by atoms with van der Waals surface area (Å²) in [6, 6.07) is 0. The normalized spacial score (nSPS) is 31.7. The van der Waals surface area contributed by atoms with E-state index in [4.69, 9.17) is 9.84 Å². The molecular weight excluding hydrogens is 236 g/mol. The van der Waals surface area contributed by atoms with Crippen molar-refractivity contribution in [3.8, 4) is 0 Å². The average molecular weight is 250 g/mol. The largest absolute Gasteiger partial charge is 0.497 e. The standard InChI is InChI=1S/C13H14O5/c1-5-7(3)18-4-8-9(5)6(2)11(14)10(12(8)15)13(16)17/h4-5,7,10H,1-3H3,(H,16,17)/t5-,7-,10-/m1/s1. The van der Waals surface area contributed by atoms with E-state index in [-0.39, 0.29) is 17.6 Å². The van der Waals surface area contributed by atoms with Crippen LogP contribution in [-0.2, 0) is 19.1 Å². The van der Waals surface area contributed by atoms with E-state index in [1.165, 1.54) is 6.26 Å². The Labute approximate surface area is 104 Å². The van der Waals surface area contributed by atoms with Crippen molar-refractivity contribution in [1.29, 1.82) is 0 Å². The molecule has 1 heterocycles. The minimum atomic E-state index is -1.62. The Kier molecular flexibility index (Phi) is 2.84. The predicted molar refractivity (Wildman–Crippen MR) is 61.6 cm³/mol. The molecule has 0 saturated heterocycles. The van der Waals surface area contributed by atoms with Gasteiger partial charge >= 0.3 is 5.97 Å². The Morgan fingerprint density at radius 1 is 1.28 bits per heavy atom. The van der Waals surface area contributed by atoms with Crippen LogP contribution in [0.1, 0.15) is 20.8 Å². The first-order valence-electron chi connectivity index (χ1n) is 5.74. The zero-order valence-electron chi connectivity index (χ0n) is 10.4. The molecule has 0 spiro atoms. The summed E-state index contributed by atoms with van der Waals surface area (Å²) in [5.74, 6) is -4.42. The van der Waals surface area contributed by atoms with E-state index in [2.05, 4.69) is 0 Å². The van der Waals surface area contributed by atoms with Gasteiger partial charge < -0.3 is 9.84 Å². The van der Waals surface area contributed by atoms with Crippen LogP contribution in [0.2, 0.25) is 0 Å². The molecule has 0 aromatic rings. The maximum Gasteiger partial charge on any atom is 0.322 e. The highest BCUT2D eigenvalue weighted by Crippen LogP contribution is 2.38. The van der Waals surface area contributed by atoms with Crippen molar-refractivity contribution in [2.24, 2.45) is 11.8 Å². The van der Waals surface area contributed by atoms with Crippen molar-refractivity contribution < 1.29 is 24.2 Å². The van der Waals surface area contributed by atoms with Crippen molar-refractivity contribution in [2.45, 2.75) is 26.9 Å². The molecule has 2 aliphatic rings. The molecule has 1 N–H and O–H groups in total. The number of carbonyl (C=O) groups is 3. The molecule has 0 fully saturated rings. The summed E-state index contributed by atoms with van der Waals surface area (Å²) in [6.07, 6.45) is 1.15. The maximum absolute atomic E-state index is 12.0. The third-order valence-corrected chi connectivity index (χ3v) is 3.66. The van der Waals surface area contributed by atoms with Crippen molar-refractivity contribution in [1.82, 2.24) is 0 Å². The van der Waals surface area contributed by atoms with Gasteiger partial charge in [-0.2, -0.15) is 0 Å². The minimum Gasteiger partial charge on any atom is -0.497 e. The van der Waals surface area contributed by atoms with Crippen LogP contribution in [0.4, 0.5) is 0 Å². The van der Waals surface area contributed by atoms with Gasteiger partial charge in [0.1, 0.15) is 6.10 Å². The Morgan fingerprint density at radius 2 is 1.89 bits per heavy atom. The zero-order chi connectivity index (χ0) is 13.6. The predicted octanol–water partition coefficient (Wildman–Crippen LogP) is 1.09. The molecule has 3 atom stereocenters. The topological polar surface area (TPSA) is 80.7 Å². The fourth-order valence-electron chi connectivity index (χ4n) is 2.42. The van der Waals surface area contributed by atoms with E-state index in [1.54, 1.807) is 6.92 Å². The number of aliphatic carboxylic acids is 1. The number of carbonyl (C=O) groups excluding carboxylic acids is 2. The highest BCUT2D eigenvalue weighted by atomic mass is 16.5. The summed E-state index contributed by atoms with van der Waals surface area (Å²) in [5, 5.41) is 8.97. The lowest BCUT2D eigenvalue weighted by Gasteiger charge is -2.33. The number of hydrogen-bond donors (Lipinski definition) is 1. The van der Waals surface area contributed by atoms with E-state index in [0.717, 1.165) is 0 Å². The van der Waals surface area contributed by atoms with Crippen LogP contribution in [0, 0.1) is 11.8 Å². The molecule has 1 aliphatic heterocycles. The van der Waals surface area contributed by atoms with Crippen molar-refractivity contribution in [2.75, 3.05) is 0 Å². The molecule has 0 aromatic heterocycles. The van der Waals surface area contributed by atoms with Crippen LogP contribution < -0.4 is 0 Å². The summed E-state index contributed by atoms with van der Waals surface area (Å²) >= 11 is 0. The number of Topliss-reactive ketones (excluding diaryl/α,β-unsaturated/α-hetero) is 2. The lowest BCUT2D eigenvalue weighted by molar-refractivity contribution is -0.149. The van der Waals surface area contributed by atoms with Crippen LogP contribution in [0.15, 0.2) is 23.0 Å². The SMILES string of the molecule is CC1=C2C(=CO[C@H](C)[C@H]2C)C(=O)[C@H](C(=O)O)C1=O. The second kappa shape index (κ2) is 4.08. The first-order chi connectivity index (χ1) is 8.36. The van der Waals surface area contributed by atoms with Gasteiger partial charge in [0, 0.05) is 5.92 Å². The second-order valence-corrected chi connectivity index (χ2v) is 4.70. The number of ketones is 2. The Hall–Kier alpha value is -1.91. The number of carboxylic acids is 1. The highest BCUT2D eigenvalue weighted by Gasteiger charge is 2.45. The van der Waals surface area contributed by atoms with E-state index in [9.17, 15) is 14.4 Å².